The third-order valence-corrected chi connectivity index (χ3v) is 3.41. The molecule has 0 aliphatic rings. The van der Waals surface area contributed by atoms with E-state index in [1.54, 1.807) is 5.38 Å². The van der Waals surface area contributed by atoms with Gasteiger partial charge in [0.1, 0.15) is 0 Å². The van der Waals surface area contributed by atoms with Crippen LogP contribution in [0.25, 0.3) is 11.3 Å². The van der Waals surface area contributed by atoms with Crippen molar-refractivity contribution in [3.8, 4) is 11.3 Å². The molecule has 0 fully saturated rings. The van der Waals surface area contributed by atoms with Crippen LogP contribution in [0, 0.1) is 6.92 Å². The molecule has 1 aromatic carbocycles. The van der Waals surface area contributed by atoms with E-state index < -0.39 is 10.3 Å². The lowest BCUT2D eigenvalue weighted by Gasteiger charge is -1.97. The summed E-state index contributed by atoms with van der Waals surface area (Å²) in [7, 11) is -4.25. The number of hydrogen-bond acceptors (Lipinski definition) is 4. The van der Waals surface area contributed by atoms with Gasteiger partial charge in [-0.25, -0.2) is 9.71 Å². The van der Waals surface area contributed by atoms with Crippen molar-refractivity contribution in [2.45, 2.75) is 6.92 Å². The molecule has 0 unspecified atom stereocenters. The normalized spacial score (nSPS) is 11.4. The van der Waals surface area contributed by atoms with E-state index in [9.17, 15) is 8.42 Å². The molecular weight excluding hydrogens is 260 g/mol. The van der Waals surface area contributed by atoms with Crippen LogP contribution in [0.1, 0.15) is 5.56 Å². The van der Waals surface area contributed by atoms with E-state index in [2.05, 4.69) is 4.98 Å². The molecule has 0 saturated heterocycles. The first-order chi connectivity index (χ1) is 7.94. The number of aromatic nitrogens is 1. The van der Waals surface area contributed by atoms with Crippen molar-refractivity contribution in [3.05, 3.63) is 35.2 Å². The van der Waals surface area contributed by atoms with Gasteiger partial charge in [0.2, 0.25) is 0 Å². The van der Waals surface area contributed by atoms with Crippen LogP contribution < -0.4 is 4.72 Å². The third kappa shape index (κ3) is 3.26. The van der Waals surface area contributed by atoms with Gasteiger partial charge in [-0.05, 0) is 6.92 Å². The minimum atomic E-state index is -4.25. The van der Waals surface area contributed by atoms with Crippen LogP contribution in [0.3, 0.4) is 0 Å². The van der Waals surface area contributed by atoms with Crippen molar-refractivity contribution in [2.75, 3.05) is 4.72 Å². The minimum absolute atomic E-state index is 0.142. The number of nitrogens with zero attached hydrogens (tertiary/aromatic N) is 1. The van der Waals surface area contributed by atoms with Gasteiger partial charge >= 0.3 is 10.3 Å². The number of benzene rings is 1. The van der Waals surface area contributed by atoms with Crippen molar-refractivity contribution in [1.82, 2.24) is 4.98 Å². The molecule has 0 saturated carbocycles. The van der Waals surface area contributed by atoms with Gasteiger partial charge < -0.3 is 0 Å². The lowest BCUT2D eigenvalue weighted by molar-refractivity contribution is 0.489. The zero-order chi connectivity index (χ0) is 12.5. The summed E-state index contributed by atoms with van der Waals surface area (Å²) in [6.07, 6.45) is 0. The highest BCUT2D eigenvalue weighted by molar-refractivity contribution is 7.87. The molecule has 0 atom stereocenters. The minimum Gasteiger partial charge on any atom is -0.269 e. The summed E-state index contributed by atoms with van der Waals surface area (Å²) < 4.78 is 31.7. The molecule has 0 amide bonds. The maximum absolute atomic E-state index is 10.6. The summed E-state index contributed by atoms with van der Waals surface area (Å²) in [4.78, 5) is 4.06. The van der Waals surface area contributed by atoms with E-state index in [0.717, 1.165) is 22.5 Å². The molecular formula is C10H10N2O3S2. The van der Waals surface area contributed by atoms with Crippen LogP contribution in [-0.4, -0.2) is 18.0 Å². The number of nitrogens with one attached hydrogen (secondary N) is 1. The Bertz CT molecular complexity index is 617. The number of rotatable bonds is 3. The number of hydrogen-bond donors (Lipinski definition) is 2. The monoisotopic (exact) mass is 270 g/mol. The molecule has 2 rings (SSSR count). The second-order valence-electron chi connectivity index (χ2n) is 3.48. The summed E-state index contributed by atoms with van der Waals surface area (Å²) in [5, 5.41) is 1.86. The van der Waals surface area contributed by atoms with Crippen LogP contribution in [0.5, 0.6) is 0 Å². The fourth-order valence-corrected chi connectivity index (χ4v) is 2.63. The molecule has 1 aromatic heterocycles. The highest BCUT2D eigenvalue weighted by atomic mass is 32.2. The lowest BCUT2D eigenvalue weighted by atomic mass is 10.1. The molecule has 0 bridgehead atoms. The molecule has 0 aliphatic carbocycles. The van der Waals surface area contributed by atoms with E-state index in [1.807, 2.05) is 35.9 Å². The standard InChI is InChI=1S/C10H10N2O3S2/c1-7-2-4-8(5-3-7)9-6-16-10(11-9)12-17(13,14)15/h2-6H,1H3,(H,11,12)(H,13,14,15). The summed E-state index contributed by atoms with van der Waals surface area (Å²) >= 11 is 1.11. The van der Waals surface area contributed by atoms with Gasteiger partial charge in [-0.15, -0.1) is 11.3 Å². The highest BCUT2D eigenvalue weighted by Crippen LogP contribution is 2.25. The van der Waals surface area contributed by atoms with Crippen molar-refractivity contribution < 1.29 is 13.0 Å². The molecule has 0 aliphatic heterocycles. The zero-order valence-corrected chi connectivity index (χ0v) is 10.5. The van der Waals surface area contributed by atoms with E-state index in [1.165, 1.54) is 0 Å². The largest absolute Gasteiger partial charge is 0.359 e. The second-order valence-corrected chi connectivity index (χ2v) is 5.49. The molecule has 90 valence electrons. The Balaban J connectivity index is 2.27. The van der Waals surface area contributed by atoms with E-state index in [-0.39, 0.29) is 5.13 Å². The predicted octanol–water partition coefficient (Wildman–Crippen LogP) is 2.33. The van der Waals surface area contributed by atoms with Crippen molar-refractivity contribution >= 4 is 26.8 Å². The van der Waals surface area contributed by atoms with Crippen molar-refractivity contribution in [3.63, 3.8) is 0 Å². The Morgan fingerprint density at radius 3 is 2.53 bits per heavy atom. The Labute approximate surface area is 103 Å². The van der Waals surface area contributed by atoms with Crippen LogP contribution in [0.15, 0.2) is 29.6 Å². The first kappa shape index (κ1) is 12.0. The Morgan fingerprint density at radius 1 is 1.29 bits per heavy atom. The number of thiazole rings is 1. The topological polar surface area (TPSA) is 79.3 Å². The van der Waals surface area contributed by atoms with E-state index >= 15 is 0 Å². The van der Waals surface area contributed by atoms with Crippen molar-refractivity contribution in [2.24, 2.45) is 0 Å². The van der Waals surface area contributed by atoms with Gasteiger partial charge in [0.05, 0.1) is 5.69 Å². The van der Waals surface area contributed by atoms with Crippen LogP contribution >= 0.6 is 11.3 Å². The summed E-state index contributed by atoms with van der Waals surface area (Å²) in [6.45, 7) is 1.98. The molecule has 1 heterocycles. The van der Waals surface area contributed by atoms with E-state index in [0.29, 0.717) is 5.69 Å². The number of anilines is 1. The summed E-state index contributed by atoms with van der Waals surface area (Å²) in [5.41, 5.74) is 2.71. The second kappa shape index (κ2) is 4.44. The quantitative estimate of drug-likeness (QED) is 0.839. The maximum atomic E-state index is 10.6. The van der Waals surface area contributed by atoms with Crippen LogP contribution in [-0.2, 0) is 10.3 Å². The smallest absolute Gasteiger partial charge is 0.269 e. The SMILES string of the molecule is Cc1ccc(-c2csc(NS(=O)(=O)O)n2)cc1. The summed E-state index contributed by atoms with van der Waals surface area (Å²) in [5.74, 6) is 0. The van der Waals surface area contributed by atoms with Gasteiger partial charge in [0, 0.05) is 10.9 Å². The fraction of sp³-hybridized carbons (Fsp3) is 0.100. The number of aryl methyl sites for hydroxylation is 1. The maximum Gasteiger partial charge on any atom is 0.359 e. The first-order valence-corrected chi connectivity index (χ1v) is 7.04. The molecule has 7 heteroatoms. The molecule has 5 nitrogen and oxygen atoms in total. The summed E-state index contributed by atoms with van der Waals surface area (Å²) in [6, 6.07) is 7.71. The molecule has 0 spiro atoms. The third-order valence-electron chi connectivity index (χ3n) is 2.07. The van der Waals surface area contributed by atoms with Crippen LogP contribution in [0.4, 0.5) is 5.13 Å². The fourth-order valence-electron chi connectivity index (χ4n) is 1.29. The average molecular weight is 270 g/mol. The lowest BCUT2D eigenvalue weighted by Crippen LogP contribution is -2.09. The van der Waals surface area contributed by atoms with Gasteiger partial charge in [0.25, 0.3) is 0 Å². The Morgan fingerprint density at radius 2 is 1.94 bits per heavy atom. The Kier molecular flexibility index (Phi) is 3.14. The molecule has 2 N–H and O–H groups in total. The average Bonchev–Trinajstić information content (AvgIpc) is 2.64. The molecule has 2 aromatic rings. The van der Waals surface area contributed by atoms with Gasteiger partial charge in [-0.3, -0.25) is 4.55 Å². The predicted molar refractivity (Wildman–Crippen MR) is 67.5 cm³/mol. The van der Waals surface area contributed by atoms with Crippen LogP contribution in [0.2, 0.25) is 0 Å². The van der Waals surface area contributed by atoms with E-state index in [4.69, 9.17) is 4.55 Å². The zero-order valence-electron chi connectivity index (χ0n) is 8.91. The molecule has 0 radical (unpaired) electrons. The highest BCUT2D eigenvalue weighted by Gasteiger charge is 2.09. The molecule has 17 heavy (non-hydrogen) atoms. The van der Waals surface area contributed by atoms with Crippen molar-refractivity contribution in [1.29, 1.82) is 0 Å². The van der Waals surface area contributed by atoms with Gasteiger partial charge in [0.15, 0.2) is 5.13 Å². The first-order valence-electron chi connectivity index (χ1n) is 4.72. The van der Waals surface area contributed by atoms with Gasteiger partial charge in [-0.1, -0.05) is 29.8 Å². The Hall–Kier alpha value is -1.44. The van der Waals surface area contributed by atoms with Gasteiger partial charge in [-0.2, -0.15) is 8.42 Å².